The largest absolute Gasteiger partial charge is 0.415 e. The number of amides is 1. The van der Waals surface area contributed by atoms with Crippen molar-refractivity contribution in [1.29, 1.82) is 0 Å². The van der Waals surface area contributed by atoms with E-state index >= 15 is 0 Å². The summed E-state index contributed by atoms with van der Waals surface area (Å²) in [7, 11) is 0. The molecule has 0 aromatic carbocycles. The number of aromatic nitrogens is 2. The van der Waals surface area contributed by atoms with E-state index in [4.69, 9.17) is 4.42 Å². The lowest BCUT2D eigenvalue weighted by Gasteiger charge is -2.28. The maximum atomic E-state index is 12.6. The summed E-state index contributed by atoms with van der Waals surface area (Å²) in [5.41, 5.74) is -0.153. The molecule has 2 saturated carbocycles. The van der Waals surface area contributed by atoms with Gasteiger partial charge in [-0.2, -0.15) is 0 Å². The normalized spacial score (nSPS) is 19.6. The molecule has 0 atom stereocenters. The lowest BCUT2D eigenvalue weighted by Crippen LogP contribution is -2.41. The predicted molar refractivity (Wildman–Crippen MR) is 85.8 cm³/mol. The Morgan fingerprint density at radius 1 is 1.18 bits per heavy atom. The molecule has 0 aliphatic heterocycles. The van der Waals surface area contributed by atoms with Gasteiger partial charge in [-0.15, -0.1) is 10.2 Å². The molecule has 6 heteroatoms. The zero-order valence-electron chi connectivity index (χ0n) is 13.7. The average molecular weight is 323 g/mol. The van der Waals surface area contributed by atoms with E-state index in [0.717, 1.165) is 0 Å². The molecule has 1 amide bonds. The van der Waals surface area contributed by atoms with Gasteiger partial charge >= 0.3 is 0 Å². The molecule has 0 spiro atoms. The van der Waals surface area contributed by atoms with E-state index in [2.05, 4.69) is 15.1 Å². The molecule has 0 saturated heterocycles. The molecule has 1 aromatic heterocycles. The van der Waals surface area contributed by atoms with Gasteiger partial charge < -0.3 is 9.32 Å². The van der Waals surface area contributed by atoms with Gasteiger partial charge in [0.15, 0.2) is 0 Å². The van der Waals surface area contributed by atoms with Gasteiger partial charge in [-0.1, -0.05) is 45.4 Å². The van der Waals surface area contributed by atoms with Crippen molar-refractivity contribution in [2.75, 3.05) is 5.75 Å². The molecule has 2 aliphatic carbocycles. The van der Waals surface area contributed by atoms with Crippen LogP contribution in [0, 0.1) is 0 Å². The van der Waals surface area contributed by atoms with E-state index in [0.29, 0.717) is 29.0 Å². The Balaban J connectivity index is 1.57. The zero-order valence-corrected chi connectivity index (χ0v) is 14.5. The van der Waals surface area contributed by atoms with Crippen LogP contribution in [0.4, 0.5) is 0 Å². The number of nitrogens with zero attached hydrogens (tertiary/aromatic N) is 3. The van der Waals surface area contributed by atoms with Gasteiger partial charge in [0.25, 0.3) is 5.22 Å². The summed E-state index contributed by atoms with van der Waals surface area (Å²) in [6, 6.07) is 0.956. The molecule has 1 aromatic rings. The third-order valence-electron chi connectivity index (χ3n) is 4.31. The Hall–Kier alpha value is -1.04. The smallest absolute Gasteiger partial charge is 0.277 e. The molecule has 3 rings (SSSR count). The molecule has 0 N–H and O–H groups in total. The Labute approximate surface area is 136 Å². The molecule has 2 aliphatic rings. The van der Waals surface area contributed by atoms with Crippen LogP contribution in [0.3, 0.4) is 0 Å². The van der Waals surface area contributed by atoms with Crippen LogP contribution in [-0.4, -0.2) is 38.8 Å². The van der Waals surface area contributed by atoms with E-state index < -0.39 is 0 Å². The van der Waals surface area contributed by atoms with Crippen molar-refractivity contribution in [1.82, 2.24) is 15.1 Å². The van der Waals surface area contributed by atoms with E-state index in [1.807, 2.05) is 20.8 Å². The van der Waals surface area contributed by atoms with Gasteiger partial charge in [-0.25, -0.2) is 0 Å². The molecule has 5 nitrogen and oxygen atoms in total. The van der Waals surface area contributed by atoms with Crippen molar-refractivity contribution in [2.45, 2.75) is 82.0 Å². The van der Waals surface area contributed by atoms with Gasteiger partial charge in [-0.3, -0.25) is 4.79 Å². The van der Waals surface area contributed by atoms with Crippen LogP contribution < -0.4 is 0 Å². The quantitative estimate of drug-likeness (QED) is 0.777. The fraction of sp³-hybridized carbons (Fsp3) is 0.812. The summed E-state index contributed by atoms with van der Waals surface area (Å²) in [5.74, 6) is 1.26. The van der Waals surface area contributed by atoms with E-state index in [9.17, 15) is 4.79 Å². The molecular weight excluding hydrogens is 298 g/mol. The molecule has 2 fully saturated rings. The van der Waals surface area contributed by atoms with Crippen LogP contribution >= 0.6 is 11.8 Å². The predicted octanol–water partition coefficient (Wildman–Crippen LogP) is 3.39. The van der Waals surface area contributed by atoms with Crippen LogP contribution in [0.5, 0.6) is 0 Å². The first kappa shape index (κ1) is 15.8. The number of rotatable bonds is 5. The highest BCUT2D eigenvalue weighted by Crippen LogP contribution is 2.35. The molecule has 122 valence electrons. The highest BCUT2D eigenvalue weighted by atomic mass is 32.2. The Morgan fingerprint density at radius 3 is 2.36 bits per heavy atom. The van der Waals surface area contributed by atoms with Crippen LogP contribution in [0.25, 0.3) is 0 Å². The summed E-state index contributed by atoms with van der Waals surface area (Å²) in [6.07, 6.45) is 7.19. The molecule has 0 unspecified atom stereocenters. The summed E-state index contributed by atoms with van der Waals surface area (Å²) >= 11 is 1.37. The zero-order chi connectivity index (χ0) is 15.7. The van der Waals surface area contributed by atoms with Crippen LogP contribution in [0.15, 0.2) is 9.64 Å². The number of hydrogen-bond acceptors (Lipinski definition) is 5. The van der Waals surface area contributed by atoms with Crippen molar-refractivity contribution < 1.29 is 9.21 Å². The highest BCUT2D eigenvalue weighted by molar-refractivity contribution is 7.99. The minimum atomic E-state index is -0.153. The van der Waals surface area contributed by atoms with E-state index in [1.165, 1.54) is 50.3 Å². The maximum absolute atomic E-state index is 12.6. The lowest BCUT2D eigenvalue weighted by atomic mass is 9.97. The number of hydrogen-bond donors (Lipinski definition) is 0. The monoisotopic (exact) mass is 323 g/mol. The average Bonchev–Trinajstić information content (AvgIpc) is 2.94. The molecule has 1 heterocycles. The SMILES string of the molecule is CC(C)(C)c1nnc(SCC(=O)N(C2CCCC2)C2CC2)o1. The minimum absolute atomic E-state index is 0.153. The Bertz CT molecular complexity index is 528. The van der Waals surface area contributed by atoms with Crippen molar-refractivity contribution in [2.24, 2.45) is 0 Å². The van der Waals surface area contributed by atoms with Gasteiger partial charge in [0, 0.05) is 17.5 Å². The van der Waals surface area contributed by atoms with Crippen molar-refractivity contribution in [3.63, 3.8) is 0 Å². The highest BCUT2D eigenvalue weighted by Gasteiger charge is 2.38. The van der Waals surface area contributed by atoms with Gasteiger partial charge in [0.2, 0.25) is 11.8 Å². The van der Waals surface area contributed by atoms with Crippen LogP contribution in [0.2, 0.25) is 0 Å². The standard InChI is InChI=1S/C16H25N3O2S/c1-16(2,3)14-17-18-15(21-14)22-10-13(20)19(12-8-9-12)11-6-4-5-7-11/h11-12H,4-10H2,1-3H3. The van der Waals surface area contributed by atoms with E-state index in [-0.39, 0.29) is 11.3 Å². The molecular formula is C16H25N3O2S. The second kappa shape index (κ2) is 6.22. The third-order valence-corrected chi connectivity index (χ3v) is 5.12. The minimum Gasteiger partial charge on any atom is -0.415 e. The maximum Gasteiger partial charge on any atom is 0.277 e. The second-order valence-corrected chi connectivity index (χ2v) is 8.31. The summed E-state index contributed by atoms with van der Waals surface area (Å²) in [6.45, 7) is 6.11. The fourth-order valence-corrected chi connectivity index (χ4v) is 3.64. The van der Waals surface area contributed by atoms with Gasteiger partial charge in [0.1, 0.15) is 0 Å². The Morgan fingerprint density at radius 2 is 1.82 bits per heavy atom. The van der Waals surface area contributed by atoms with Crippen molar-refractivity contribution >= 4 is 17.7 Å². The number of carbonyl (C=O) groups is 1. The fourth-order valence-electron chi connectivity index (χ4n) is 3.01. The van der Waals surface area contributed by atoms with Gasteiger partial charge in [-0.05, 0) is 25.7 Å². The third kappa shape index (κ3) is 3.65. The van der Waals surface area contributed by atoms with Crippen LogP contribution in [-0.2, 0) is 10.2 Å². The Kier molecular flexibility index (Phi) is 4.48. The van der Waals surface area contributed by atoms with Gasteiger partial charge in [0.05, 0.1) is 5.75 Å². The summed E-state index contributed by atoms with van der Waals surface area (Å²) < 4.78 is 5.65. The summed E-state index contributed by atoms with van der Waals surface area (Å²) in [4.78, 5) is 14.8. The summed E-state index contributed by atoms with van der Waals surface area (Å²) in [5, 5.41) is 8.62. The lowest BCUT2D eigenvalue weighted by molar-refractivity contribution is -0.131. The first-order valence-electron chi connectivity index (χ1n) is 8.23. The first-order valence-corrected chi connectivity index (χ1v) is 9.21. The number of thioether (sulfide) groups is 1. The molecule has 0 bridgehead atoms. The van der Waals surface area contributed by atoms with E-state index in [1.54, 1.807) is 0 Å². The van der Waals surface area contributed by atoms with Crippen molar-refractivity contribution in [3.05, 3.63) is 5.89 Å². The molecule has 22 heavy (non-hydrogen) atoms. The second-order valence-electron chi connectivity index (χ2n) is 7.38. The molecule has 0 radical (unpaired) electrons. The topological polar surface area (TPSA) is 59.2 Å². The van der Waals surface area contributed by atoms with Crippen LogP contribution in [0.1, 0.15) is 65.2 Å². The van der Waals surface area contributed by atoms with Crippen molar-refractivity contribution in [3.8, 4) is 0 Å². The number of carbonyl (C=O) groups excluding carboxylic acids is 1. The first-order chi connectivity index (χ1) is 10.4.